The van der Waals surface area contributed by atoms with E-state index in [0.717, 1.165) is 31.1 Å². The summed E-state index contributed by atoms with van der Waals surface area (Å²) < 4.78 is 0. The molecule has 0 bridgehead atoms. The van der Waals surface area contributed by atoms with Crippen LogP contribution >= 0.6 is 0 Å². The summed E-state index contributed by atoms with van der Waals surface area (Å²) in [6, 6.07) is 0.605. The van der Waals surface area contributed by atoms with Crippen molar-refractivity contribution in [1.82, 2.24) is 15.3 Å². The zero-order valence-corrected chi connectivity index (χ0v) is 10.1. The maximum atomic E-state index is 4.49. The van der Waals surface area contributed by atoms with E-state index in [1.54, 1.807) is 0 Å². The lowest BCUT2D eigenvalue weighted by molar-refractivity contribution is 0.699. The minimum absolute atomic E-state index is 0.605. The Morgan fingerprint density at radius 2 is 2.31 bits per heavy atom. The van der Waals surface area contributed by atoms with Gasteiger partial charge in [0.2, 0.25) is 0 Å². The third-order valence-corrected chi connectivity index (χ3v) is 3.10. The first-order valence-corrected chi connectivity index (χ1v) is 6.09. The van der Waals surface area contributed by atoms with Crippen LogP contribution in [-0.4, -0.2) is 29.1 Å². The average Bonchev–Trinajstić information content (AvgIpc) is 2.74. The zero-order valence-electron chi connectivity index (χ0n) is 10.1. The molecule has 2 heterocycles. The Balaban J connectivity index is 2.01. The lowest BCUT2D eigenvalue weighted by Gasteiger charge is -2.21. The van der Waals surface area contributed by atoms with E-state index in [1.165, 1.54) is 12.8 Å². The fraction of sp³-hybridized carbons (Fsp3) is 0.667. The summed E-state index contributed by atoms with van der Waals surface area (Å²) in [4.78, 5) is 11.3. The minimum Gasteiger partial charge on any atom is -0.353 e. The normalized spacial score (nSPS) is 20.4. The van der Waals surface area contributed by atoms with E-state index in [1.807, 2.05) is 12.4 Å². The van der Waals surface area contributed by atoms with Gasteiger partial charge in [-0.25, -0.2) is 4.98 Å². The highest BCUT2D eigenvalue weighted by Crippen LogP contribution is 2.22. The van der Waals surface area contributed by atoms with Gasteiger partial charge < -0.3 is 10.2 Å². The summed E-state index contributed by atoms with van der Waals surface area (Å²) in [5, 5.41) is 3.25. The van der Waals surface area contributed by atoms with Crippen LogP contribution < -0.4 is 10.2 Å². The number of hydrogen-bond acceptors (Lipinski definition) is 4. The Bertz CT molecular complexity index is 322. The molecule has 1 aromatic heterocycles. The van der Waals surface area contributed by atoms with E-state index < -0.39 is 0 Å². The van der Waals surface area contributed by atoms with Gasteiger partial charge >= 0.3 is 0 Å². The molecule has 2 rings (SSSR count). The van der Waals surface area contributed by atoms with E-state index in [9.17, 15) is 0 Å². The highest BCUT2D eigenvalue weighted by Gasteiger charge is 2.21. The summed E-state index contributed by atoms with van der Waals surface area (Å²) in [6.07, 6.45) is 6.31. The summed E-state index contributed by atoms with van der Waals surface area (Å²) in [6.45, 7) is 7.23. The fourth-order valence-corrected chi connectivity index (χ4v) is 2.11. The van der Waals surface area contributed by atoms with Gasteiger partial charge in [-0.2, -0.15) is 0 Å². The second-order valence-corrected chi connectivity index (χ2v) is 4.33. The van der Waals surface area contributed by atoms with E-state index >= 15 is 0 Å². The molecule has 4 heteroatoms. The molecule has 1 atom stereocenters. The Hall–Kier alpha value is -1.16. The molecule has 0 spiro atoms. The third kappa shape index (κ3) is 2.50. The smallest absolute Gasteiger partial charge is 0.147 e. The maximum Gasteiger partial charge on any atom is 0.147 e. The summed E-state index contributed by atoms with van der Waals surface area (Å²) in [5.41, 5.74) is 1.01. The number of hydrogen-bond donors (Lipinski definition) is 1. The lowest BCUT2D eigenvalue weighted by Crippen LogP contribution is -2.27. The SMILES string of the molecule is CCNCc1cnc(N2CCCC2C)cn1. The highest BCUT2D eigenvalue weighted by atomic mass is 15.2. The number of nitrogens with one attached hydrogen (secondary N) is 1. The number of aromatic nitrogens is 2. The molecule has 1 aromatic rings. The molecule has 16 heavy (non-hydrogen) atoms. The predicted octanol–water partition coefficient (Wildman–Crippen LogP) is 1.57. The Labute approximate surface area is 97.1 Å². The third-order valence-electron chi connectivity index (χ3n) is 3.10. The van der Waals surface area contributed by atoms with Crippen molar-refractivity contribution in [3.63, 3.8) is 0 Å². The summed E-state index contributed by atoms with van der Waals surface area (Å²) in [5.74, 6) is 1.02. The van der Waals surface area contributed by atoms with Gasteiger partial charge in [0, 0.05) is 19.1 Å². The van der Waals surface area contributed by atoms with Crippen LogP contribution in [0.1, 0.15) is 32.4 Å². The fourth-order valence-electron chi connectivity index (χ4n) is 2.11. The van der Waals surface area contributed by atoms with Crippen molar-refractivity contribution in [3.8, 4) is 0 Å². The van der Waals surface area contributed by atoms with Crippen molar-refractivity contribution in [2.45, 2.75) is 39.3 Å². The molecule has 0 radical (unpaired) electrons. The molecule has 1 N–H and O–H groups in total. The van der Waals surface area contributed by atoms with Crippen molar-refractivity contribution in [1.29, 1.82) is 0 Å². The van der Waals surface area contributed by atoms with Crippen molar-refractivity contribution in [2.75, 3.05) is 18.0 Å². The highest BCUT2D eigenvalue weighted by molar-refractivity contribution is 5.38. The van der Waals surface area contributed by atoms with Crippen LogP contribution in [0, 0.1) is 0 Å². The van der Waals surface area contributed by atoms with E-state index in [-0.39, 0.29) is 0 Å². The van der Waals surface area contributed by atoms with Crippen LogP contribution in [0.25, 0.3) is 0 Å². The minimum atomic E-state index is 0.605. The molecule has 0 saturated carbocycles. The van der Waals surface area contributed by atoms with Gasteiger partial charge in [0.05, 0.1) is 18.1 Å². The second kappa shape index (κ2) is 5.25. The molecule has 0 aliphatic carbocycles. The Morgan fingerprint density at radius 3 is 2.88 bits per heavy atom. The zero-order chi connectivity index (χ0) is 11.4. The van der Waals surface area contributed by atoms with Crippen LogP contribution in [-0.2, 0) is 6.54 Å². The van der Waals surface area contributed by atoms with Gasteiger partial charge in [0.25, 0.3) is 0 Å². The van der Waals surface area contributed by atoms with E-state index in [2.05, 4.69) is 34.0 Å². The molecule has 1 unspecified atom stereocenters. The maximum absolute atomic E-state index is 4.49. The monoisotopic (exact) mass is 220 g/mol. The van der Waals surface area contributed by atoms with Gasteiger partial charge in [-0.15, -0.1) is 0 Å². The predicted molar refractivity (Wildman–Crippen MR) is 65.5 cm³/mol. The van der Waals surface area contributed by atoms with Gasteiger partial charge in [-0.1, -0.05) is 6.92 Å². The van der Waals surface area contributed by atoms with Crippen LogP contribution in [0.5, 0.6) is 0 Å². The molecule has 1 aliphatic heterocycles. The molecule has 1 saturated heterocycles. The van der Waals surface area contributed by atoms with E-state index in [4.69, 9.17) is 0 Å². The standard InChI is InChI=1S/C12H20N4/c1-3-13-7-11-8-15-12(9-14-11)16-6-4-5-10(16)2/h8-10,13H,3-7H2,1-2H3. The Morgan fingerprint density at radius 1 is 1.44 bits per heavy atom. The van der Waals surface area contributed by atoms with Gasteiger partial charge in [-0.3, -0.25) is 4.98 Å². The first kappa shape index (κ1) is 11.3. The van der Waals surface area contributed by atoms with Crippen molar-refractivity contribution in [2.24, 2.45) is 0 Å². The molecule has 1 aliphatic rings. The van der Waals surface area contributed by atoms with Crippen LogP contribution in [0.2, 0.25) is 0 Å². The summed E-state index contributed by atoms with van der Waals surface area (Å²) in [7, 11) is 0. The number of anilines is 1. The Kier molecular flexibility index (Phi) is 3.72. The first-order chi connectivity index (χ1) is 7.81. The largest absolute Gasteiger partial charge is 0.353 e. The first-order valence-electron chi connectivity index (χ1n) is 6.09. The molecule has 0 aromatic carbocycles. The molecular weight excluding hydrogens is 200 g/mol. The van der Waals surface area contributed by atoms with Gasteiger partial charge in [0.1, 0.15) is 5.82 Å². The van der Waals surface area contributed by atoms with Gasteiger partial charge in [-0.05, 0) is 26.3 Å². The number of rotatable bonds is 4. The number of nitrogens with zero attached hydrogens (tertiary/aromatic N) is 3. The molecule has 4 nitrogen and oxygen atoms in total. The van der Waals surface area contributed by atoms with E-state index in [0.29, 0.717) is 6.04 Å². The van der Waals surface area contributed by atoms with Crippen molar-refractivity contribution >= 4 is 5.82 Å². The van der Waals surface area contributed by atoms with Gasteiger partial charge in [0.15, 0.2) is 0 Å². The topological polar surface area (TPSA) is 41.1 Å². The van der Waals surface area contributed by atoms with Crippen LogP contribution in [0.3, 0.4) is 0 Å². The summed E-state index contributed by atoms with van der Waals surface area (Å²) >= 11 is 0. The van der Waals surface area contributed by atoms with Crippen LogP contribution in [0.4, 0.5) is 5.82 Å². The molecule has 0 amide bonds. The quantitative estimate of drug-likeness (QED) is 0.836. The van der Waals surface area contributed by atoms with Crippen molar-refractivity contribution < 1.29 is 0 Å². The molecule has 88 valence electrons. The van der Waals surface area contributed by atoms with Crippen molar-refractivity contribution in [3.05, 3.63) is 18.1 Å². The lowest BCUT2D eigenvalue weighted by atomic mass is 10.2. The molecular formula is C12H20N4. The molecule has 1 fully saturated rings. The van der Waals surface area contributed by atoms with Crippen LogP contribution in [0.15, 0.2) is 12.4 Å². The second-order valence-electron chi connectivity index (χ2n) is 4.33. The average molecular weight is 220 g/mol.